The first-order chi connectivity index (χ1) is 18.8. The van der Waals surface area contributed by atoms with E-state index in [4.69, 9.17) is 13.8 Å². The molecule has 1 fully saturated rings. The molecule has 0 saturated heterocycles. The number of hydrogen-bond acceptors (Lipinski definition) is 8. The number of carbonyl (C=O) groups excluding carboxylic acids is 1. The standard InChI is InChI=1S/C26H31N7O4/c1-14-11-27-12-17-18(26(2,3)36)9-22(31-23(14)17)30-21-10-19-20(13-28-21)32(4)25(35)33(19)16-7-6-15(8-16)29-24(34)37-5/h9-13,15-16,36H,6-8H2,1-5H3,(H,29,34)(H,28,30,31)/t15-,16-/m1/s1/i4D3. The van der Waals surface area contributed by atoms with E-state index < -0.39 is 24.4 Å². The third-order valence-electron chi connectivity index (χ3n) is 6.86. The molecule has 0 bridgehead atoms. The van der Waals surface area contributed by atoms with Crippen molar-refractivity contribution >= 4 is 39.7 Å². The molecule has 0 unspecified atom stereocenters. The zero-order valence-electron chi connectivity index (χ0n) is 24.1. The Hall–Kier alpha value is -3.99. The summed E-state index contributed by atoms with van der Waals surface area (Å²) in [6, 6.07) is 2.78. The van der Waals surface area contributed by atoms with Crippen molar-refractivity contribution in [3.05, 3.63) is 52.3 Å². The molecule has 0 aromatic carbocycles. The highest BCUT2D eigenvalue weighted by molar-refractivity contribution is 5.87. The maximum Gasteiger partial charge on any atom is 0.407 e. The van der Waals surface area contributed by atoms with E-state index in [1.54, 1.807) is 38.4 Å². The molecule has 5 rings (SSSR count). The number of ether oxygens (including phenoxy) is 1. The largest absolute Gasteiger partial charge is 0.453 e. The Labute approximate surface area is 217 Å². The third kappa shape index (κ3) is 4.50. The molecule has 0 aliphatic heterocycles. The zero-order chi connectivity index (χ0) is 29.0. The molecular weight excluding hydrogens is 474 g/mol. The van der Waals surface area contributed by atoms with E-state index in [1.165, 1.54) is 17.9 Å². The van der Waals surface area contributed by atoms with Gasteiger partial charge in [0.05, 0.1) is 35.5 Å². The molecule has 0 radical (unpaired) electrons. The van der Waals surface area contributed by atoms with Gasteiger partial charge in [0, 0.05) is 47.0 Å². The van der Waals surface area contributed by atoms with Crippen LogP contribution in [0.1, 0.15) is 54.4 Å². The molecule has 2 atom stereocenters. The van der Waals surface area contributed by atoms with E-state index >= 15 is 0 Å². The Morgan fingerprint density at radius 1 is 1.22 bits per heavy atom. The minimum Gasteiger partial charge on any atom is -0.453 e. The maximum absolute atomic E-state index is 13.5. The average Bonchev–Trinajstić information content (AvgIpc) is 3.43. The van der Waals surface area contributed by atoms with Crippen molar-refractivity contribution in [1.82, 2.24) is 29.4 Å². The molecule has 37 heavy (non-hydrogen) atoms. The highest BCUT2D eigenvalue weighted by Crippen LogP contribution is 2.34. The second-order valence-corrected chi connectivity index (χ2v) is 9.94. The number of carbonyl (C=O) groups is 1. The van der Waals surface area contributed by atoms with Crippen LogP contribution in [-0.4, -0.2) is 48.4 Å². The molecule has 4 aromatic rings. The van der Waals surface area contributed by atoms with Gasteiger partial charge in [0.15, 0.2) is 0 Å². The summed E-state index contributed by atoms with van der Waals surface area (Å²) in [5.74, 6) is 0.754. The minimum absolute atomic E-state index is 0.172. The van der Waals surface area contributed by atoms with Crippen LogP contribution in [-0.2, 0) is 17.3 Å². The number of imidazole rings is 1. The number of anilines is 2. The fourth-order valence-electron chi connectivity index (χ4n) is 5.06. The Kier molecular flexibility index (Phi) is 5.22. The number of nitrogens with one attached hydrogen (secondary N) is 2. The topological polar surface area (TPSA) is 136 Å². The lowest BCUT2D eigenvalue weighted by Gasteiger charge is -2.21. The lowest BCUT2D eigenvalue weighted by atomic mass is 9.94. The summed E-state index contributed by atoms with van der Waals surface area (Å²) in [5, 5.41) is 17.5. The number of nitrogens with zero attached hydrogens (tertiary/aromatic N) is 5. The second kappa shape index (κ2) is 9.15. The molecule has 194 valence electrons. The van der Waals surface area contributed by atoms with Crippen molar-refractivity contribution in [2.24, 2.45) is 6.98 Å². The quantitative estimate of drug-likeness (QED) is 0.373. The van der Waals surface area contributed by atoms with Gasteiger partial charge in [-0.05, 0) is 57.2 Å². The first-order valence-electron chi connectivity index (χ1n) is 13.5. The van der Waals surface area contributed by atoms with Gasteiger partial charge in [-0.3, -0.25) is 14.1 Å². The monoisotopic (exact) mass is 508 g/mol. The van der Waals surface area contributed by atoms with Crippen LogP contribution in [0.3, 0.4) is 0 Å². The molecule has 1 saturated carbocycles. The summed E-state index contributed by atoms with van der Waals surface area (Å²) in [7, 11) is 1.28. The lowest BCUT2D eigenvalue weighted by molar-refractivity contribution is 0.0802. The Morgan fingerprint density at radius 2 is 2.03 bits per heavy atom. The number of methoxy groups -OCH3 is 1. The van der Waals surface area contributed by atoms with E-state index in [2.05, 4.69) is 20.6 Å². The zero-order valence-corrected chi connectivity index (χ0v) is 21.1. The van der Waals surface area contributed by atoms with E-state index in [0.717, 1.165) is 15.5 Å². The molecule has 11 nitrogen and oxygen atoms in total. The summed E-state index contributed by atoms with van der Waals surface area (Å²) >= 11 is 0. The summed E-state index contributed by atoms with van der Waals surface area (Å²) in [6.07, 6.45) is 5.77. The van der Waals surface area contributed by atoms with E-state index in [0.29, 0.717) is 47.5 Å². The van der Waals surface area contributed by atoms with Gasteiger partial charge >= 0.3 is 11.8 Å². The van der Waals surface area contributed by atoms with Crippen LogP contribution in [0.5, 0.6) is 0 Å². The molecule has 1 amide bonds. The van der Waals surface area contributed by atoms with Crippen molar-refractivity contribution in [3.63, 3.8) is 0 Å². The smallest absolute Gasteiger partial charge is 0.407 e. The fourth-order valence-corrected chi connectivity index (χ4v) is 5.06. The van der Waals surface area contributed by atoms with Crippen LogP contribution in [0.25, 0.3) is 21.9 Å². The molecule has 4 heterocycles. The van der Waals surface area contributed by atoms with Crippen molar-refractivity contribution < 1.29 is 18.8 Å². The van der Waals surface area contributed by atoms with Gasteiger partial charge in [-0.25, -0.2) is 19.6 Å². The molecule has 3 N–H and O–H groups in total. The number of fused-ring (bicyclic) bond motifs is 2. The highest BCUT2D eigenvalue weighted by Gasteiger charge is 2.30. The van der Waals surface area contributed by atoms with Gasteiger partial charge in [0.2, 0.25) is 0 Å². The molecule has 1 aliphatic rings. The van der Waals surface area contributed by atoms with Gasteiger partial charge in [-0.1, -0.05) is 0 Å². The number of aromatic nitrogens is 5. The number of rotatable bonds is 5. The van der Waals surface area contributed by atoms with Gasteiger partial charge in [-0.15, -0.1) is 0 Å². The molecule has 0 spiro atoms. The van der Waals surface area contributed by atoms with Crippen LogP contribution in [0.2, 0.25) is 0 Å². The van der Waals surface area contributed by atoms with Crippen LogP contribution < -0.4 is 16.3 Å². The molecule has 4 aromatic heterocycles. The van der Waals surface area contributed by atoms with Gasteiger partial charge < -0.3 is 20.5 Å². The highest BCUT2D eigenvalue weighted by atomic mass is 16.5. The Bertz CT molecular complexity index is 1670. The number of aliphatic hydroxyl groups is 1. The van der Waals surface area contributed by atoms with E-state index in [-0.39, 0.29) is 17.6 Å². The van der Waals surface area contributed by atoms with E-state index in [9.17, 15) is 14.7 Å². The summed E-state index contributed by atoms with van der Waals surface area (Å²) in [4.78, 5) is 38.5. The van der Waals surface area contributed by atoms with Gasteiger partial charge in [0.1, 0.15) is 11.6 Å². The normalized spacial score (nSPS) is 19.4. The van der Waals surface area contributed by atoms with Crippen molar-refractivity contribution in [3.8, 4) is 0 Å². The van der Waals surface area contributed by atoms with Crippen molar-refractivity contribution in [2.75, 3.05) is 12.4 Å². The van der Waals surface area contributed by atoms with Crippen LogP contribution in [0.15, 0.2) is 35.5 Å². The Morgan fingerprint density at radius 3 is 2.76 bits per heavy atom. The third-order valence-corrected chi connectivity index (χ3v) is 6.86. The molecule has 11 heteroatoms. The number of hydrogen-bond donors (Lipinski definition) is 3. The van der Waals surface area contributed by atoms with Crippen LogP contribution >= 0.6 is 0 Å². The molecular formula is C26H31N7O4. The van der Waals surface area contributed by atoms with Crippen molar-refractivity contribution in [1.29, 1.82) is 0 Å². The first kappa shape index (κ1) is 21.1. The summed E-state index contributed by atoms with van der Waals surface area (Å²) in [5.41, 5.74) is 0.830. The predicted octanol–water partition coefficient (Wildman–Crippen LogP) is 3.41. The average molecular weight is 509 g/mol. The van der Waals surface area contributed by atoms with Gasteiger partial charge in [-0.2, -0.15) is 0 Å². The number of pyridine rings is 3. The second-order valence-electron chi connectivity index (χ2n) is 9.94. The SMILES string of the molecule is [2H]C([2H])([2H])n1c(=O)n([C@@H]2CC[C@@H](NC(=O)OC)C2)c2cc(Nc3cc(C(C)(C)O)c4cncc(C)c4n3)ncc21. The van der Waals surface area contributed by atoms with Gasteiger partial charge in [0.25, 0.3) is 0 Å². The fraction of sp³-hybridized carbons (Fsp3) is 0.423. The lowest BCUT2D eigenvalue weighted by Crippen LogP contribution is -2.33. The van der Waals surface area contributed by atoms with Crippen LogP contribution in [0.4, 0.5) is 16.4 Å². The Balaban J connectivity index is 1.59. The number of alkyl carbamates (subject to hydrolysis) is 1. The van der Waals surface area contributed by atoms with Crippen LogP contribution in [0, 0.1) is 6.92 Å². The van der Waals surface area contributed by atoms with E-state index in [1.807, 2.05) is 6.92 Å². The minimum atomic E-state index is -2.72. The summed E-state index contributed by atoms with van der Waals surface area (Å²) in [6.45, 7) is 2.52. The number of aryl methyl sites for hydroxylation is 2. The van der Waals surface area contributed by atoms with Crippen molar-refractivity contribution in [2.45, 2.75) is 57.7 Å². The first-order valence-corrected chi connectivity index (χ1v) is 12.0. The number of amides is 1. The molecule has 1 aliphatic carbocycles. The predicted molar refractivity (Wildman–Crippen MR) is 140 cm³/mol. The maximum atomic E-state index is 13.5. The summed E-state index contributed by atoms with van der Waals surface area (Å²) < 4.78 is 30.9.